The molecule has 0 fully saturated rings. The van der Waals surface area contributed by atoms with Crippen molar-refractivity contribution in [3.8, 4) is 0 Å². The second kappa shape index (κ2) is 6.21. The van der Waals surface area contributed by atoms with Crippen molar-refractivity contribution in [2.45, 2.75) is 37.1 Å². The summed E-state index contributed by atoms with van der Waals surface area (Å²) >= 11 is 3.22. The molecule has 0 aliphatic heterocycles. The number of hydrogen-bond acceptors (Lipinski definition) is 4. The van der Waals surface area contributed by atoms with Gasteiger partial charge in [-0.2, -0.15) is 0 Å². The van der Waals surface area contributed by atoms with Crippen molar-refractivity contribution in [1.82, 2.24) is 4.72 Å². The topological polar surface area (TPSA) is 92.4 Å². The molecule has 0 aliphatic rings. The molecule has 0 heterocycles. The van der Waals surface area contributed by atoms with Crippen LogP contribution < -0.4 is 10.5 Å². The molecule has 7 heteroatoms. The van der Waals surface area contributed by atoms with Gasteiger partial charge >= 0.3 is 0 Å². The molecule has 1 aromatic rings. The zero-order valence-electron chi connectivity index (χ0n) is 11.0. The lowest BCUT2D eigenvalue weighted by Gasteiger charge is -2.30. The van der Waals surface area contributed by atoms with Gasteiger partial charge in [-0.15, -0.1) is 0 Å². The number of aliphatic hydroxyl groups is 1. The molecular weight excluding hydrogens is 332 g/mol. The minimum absolute atomic E-state index is 0.0907. The van der Waals surface area contributed by atoms with Crippen molar-refractivity contribution in [3.05, 3.63) is 22.7 Å². The molecule has 0 aromatic heterocycles. The summed E-state index contributed by atoms with van der Waals surface area (Å²) in [5.41, 5.74) is 5.21. The van der Waals surface area contributed by atoms with Crippen LogP contribution in [0.25, 0.3) is 0 Å². The second-order valence-electron chi connectivity index (χ2n) is 4.43. The van der Waals surface area contributed by atoms with E-state index in [-0.39, 0.29) is 11.5 Å². The fourth-order valence-corrected chi connectivity index (χ4v) is 3.50. The predicted molar refractivity (Wildman–Crippen MR) is 79.3 cm³/mol. The largest absolute Gasteiger partial charge is 0.398 e. The number of halogens is 1. The van der Waals surface area contributed by atoms with E-state index in [0.717, 1.165) is 0 Å². The average Bonchev–Trinajstić information content (AvgIpc) is 2.39. The molecule has 0 atom stereocenters. The van der Waals surface area contributed by atoms with E-state index in [1.54, 1.807) is 6.07 Å². The molecule has 108 valence electrons. The standard InChI is InChI=1S/C12H19BrN2O3S/c1-3-12(4-2,8-16)15-19(17,18)9-5-6-10(13)11(14)7-9/h5-7,15-16H,3-4,8,14H2,1-2H3. The molecule has 1 rings (SSSR count). The lowest BCUT2D eigenvalue weighted by atomic mass is 9.96. The van der Waals surface area contributed by atoms with Crippen LogP contribution in [0.15, 0.2) is 27.6 Å². The summed E-state index contributed by atoms with van der Waals surface area (Å²) in [4.78, 5) is 0.0907. The van der Waals surface area contributed by atoms with Crippen LogP contribution >= 0.6 is 15.9 Å². The summed E-state index contributed by atoms with van der Waals surface area (Å²) in [5, 5.41) is 9.43. The third-order valence-electron chi connectivity index (χ3n) is 3.28. The first-order valence-corrected chi connectivity index (χ1v) is 8.27. The van der Waals surface area contributed by atoms with Crippen LogP contribution in [-0.4, -0.2) is 25.7 Å². The highest BCUT2D eigenvalue weighted by atomic mass is 79.9. The smallest absolute Gasteiger partial charge is 0.241 e. The van der Waals surface area contributed by atoms with Gasteiger partial charge in [0.2, 0.25) is 10.0 Å². The Morgan fingerprint density at radius 3 is 2.37 bits per heavy atom. The van der Waals surface area contributed by atoms with E-state index in [1.807, 2.05) is 13.8 Å². The Hall–Kier alpha value is -0.630. The molecule has 5 nitrogen and oxygen atoms in total. The maximum Gasteiger partial charge on any atom is 0.241 e. The van der Waals surface area contributed by atoms with Crippen molar-refractivity contribution < 1.29 is 13.5 Å². The van der Waals surface area contributed by atoms with E-state index in [2.05, 4.69) is 20.7 Å². The summed E-state index contributed by atoms with van der Waals surface area (Å²) in [5.74, 6) is 0. The van der Waals surface area contributed by atoms with Gasteiger partial charge in [0.15, 0.2) is 0 Å². The monoisotopic (exact) mass is 350 g/mol. The van der Waals surface area contributed by atoms with Gasteiger partial charge in [-0.25, -0.2) is 13.1 Å². The molecule has 0 spiro atoms. The van der Waals surface area contributed by atoms with Crippen LogP contribution in [0.2, 0.25) is 0 Å². The SMILES string of the molecule is CCC(CC)(CO)NS(=O)(=O)c1ccc(Br)c(N)c1. The number of nitrogens with two attached hydrogens (primary N) is 1. The van der Waals surface area contributed by atoms with Gasteiger partial charge in [-0.1, -0.05) is 13.8 Å². The van der Waals surface area contributed by atoms with E-state index in [9.17, 15) is 13.5 Å². The minimum atomic E-state index is -3.70. The van der Waals surface area contributed by atoms with E-state index in [1.165, 1.54) is 12.1 Å². The Kier molecular flexibility index (Phi) is 5.37. The van der Waals surface area contributed by atoms with Gasteiger partial charge in [0.25, 0.3) is 0 Å². The first-order valence-electron chi connectivity index (χ1n) is 6.00. The number of sulfonamides is 1. The second-order valence-corrected chi connectivity index (χ2v) is 6.97. The highest BCUT2D eigenvalue weighted by Gasteiger charge is 2.31. The van der Waals surface area contributed by atoms with Crippen LogP contribution in [0.4, 0.5) is 5.69 Å². The molecule has 0 bridgehead atoms. The van der Waals surface area contributed by atoms with Crippen molar-refractivity contribution in [2.75, 3.05) is 12.3 Å². The first-order chi connectivity index (χ1) is 8.80. The quantitative estimate of drug-likeness (QED) is 0.682. The van der Waals surface area contributed by atoms with E-state index in [0.29, 0.717) is 23.0 Å². The zero-order chi connectivity index (χ0) is 14.7. The number of aliphatic hydroxyl groups excluding tert-OH is 1. The molecule has 0 saturated carbocycles. The number of benzene rings is 1. The minimum Gasteiger partial charge on any atom is -0.398 e. The van der Waals surface area contributed by atoms with Crippen molar-refractivity contribution >= 4 is 31.6 Å². The highest BCUT2D eigenvalue weighted by Crippen LogP contribution is 2.24. The molecule has 19 heavy (non-hydrogen) atoms. The summed E-state index contributed by atoms with van der Waals surface area (Å²) in [6.07, 6.45) is 1.01. The van der Waals surface area contributed by atoms with Crippen molar-refractivity contribution in [3.63, 3.8) is 0 Å². The predicted octanol–water partition coefficient (Wildman–Crippen LogP) is 1.86. The molecule has 0 unspecified atom stereocenters. The summed E-state index contributed by atoms with van der Waals surface area (Å²) in [6.45, 7) is 3.42. The number of hydrogen-bond donors (Lipinski definition) is 3. The van der Waals surface area contributed by atoms with Gasteiger partial charge in [-0.05, 0) is 47.0 Å². The molecule has 0 amide bonds. The van der Waals surface area contributed by atoms with Crippen LogP contribution in [0.1, 0.15) is 26.7 Å². The van der Waals surface area contributed by atoms with Gasteiger partial charge in [0.05, 0.1) is 17.0 Å². The van der Waals surface area contributed by atoms with Crippen LogP contribution in [-0.2, 0) is 10.0 Å². The Morgan fingerprint density at radius 2 is 1.95 bits per heavy atom. The highest BCUT2D eigenvalue weighted by molar-refractivity contribution is 9.10. The Balaban J connectivity index is 3.14. The van der Waals surface area contributed by atoms with Gasteiger partial charge in [0.1, 0.15) is 0 Å². The van der Waals surface area contributed by atoms with Crippen molar-refractivity contribution in [2.24, 2.45) is 0 Å². The molecule has 0 radical (unpaired) electrons. The number of nitrogen functional groups attached to an aromatic ring is 1. The molecular formula is C12H19BrN2O3S. The summed E-state index contributed by atoms with van der Waals surface area (Å²) in [7, 11) is -3.70. The fourth-order valence-electron chi connectivity index (χ4n) is 1.68. The van der Waals surface area contributed by atoms with E-state index < -0.39 is 15.6 Å². The van der Waals surface area contributed by atoms with Gasteiger partial charge < -0.3 is 10.8 Å². The first kappa shape index (κ1) is 16.4. The number of rotatable bonds is 6. The van der Waals surface area contributed by atoms with Crippen molar-refractivity contribution in [1.29, 1.82) is 0 Å². The van der Waals surface area contributed by atoms with Gasteiger partial charge in [-0.3, -0.25) is 0 Å². The normalized spacial score (nSPS) is 12.6. The average molecular weight is 351 g/mol. The third kappa shape index (κ3) is 3.68. The Morgan fingerprint density at radius 1 is 1.37 bits per heavy atom. The molecule has 1 aromatic carbocycles. The van der Waals surface area contributed by atoms with E-state index in [4.69, 9.17) is 5.73 Å². The van der Waals surface area contributed by atoms with Gasteiger partial charge in [0, 0.05) is 10.2 Å². The zero-order valence-corrected chi connectivity index (χ0v) is 13.4. The maximum atomic E-state index is 12.3. The lowest BCUT2D eigenvalue weighted by Crippen LogP contribution is -2.50. The molecule has 0 saturated heterocycles. The fraction of sp³-hybridized carbons (Fsp3) is 0.500. The van der Waals surface area contributed by atoms with Crippen LogP contribution in [0.3, 0.4) is 0 Å². The maximum absolute atomic E-state index is 12.3. The lowest BCUT2D eigenvalue weighted by molar-refractivity contribution is 0.172. The Labute approximate surface area is 122 Å². The van der Waals surface area contributed by atoms with E-state index >= 15 is 0 Å². The number of anilines is 1. The summed E-state index contributed by atoms with van der Waals surface area (Å²) < 4.78 is 27.8. The molecule has 4 N–H and O–H groups in total. The third-order valence-corrected chi connectivity index (χ3v) is 5.58. The summed E-state index contributed by atoms with van der Waals surface area (Å²) in [6, 6.07) is 4.44. The molecule has 0 aliphatic carbocycles. The Bertz CT molecular complexity index is 534. The number of nitrogens with one attached hydrogen (secondary N) is 1. The van der Waals surface area contributed by atoms with Crippen LogP contribution in [0, 0.1) is 0 Å². The van der Waals surface area contributed by atoms with Crippen LogP contribution in [0.5, 0.6) is 0 Å².